The van der Waals surface area contributed by atoms with Crippen LogP contribution in [0.15, 0.2) is 134 Å². The van der Waals surface area contributed by atoms with Gasteiger partial charge in [-0.25, -0.2) is 9.59 Å². The van der Waals surface area contributed by atoms with E-state index >= 15 is 0 Å². The molecule has 0 aromatic heterocycles. The minimum Gasteiger partial charge on any atom is -0.494 e. The minimum absolute atomic E-state index is 0.0972. The maximum atomic E-state index is 13.0. The van der Waals surface area contributed by atoms with Crippen molar-refractivity contribution < 1.29 is 47.7 Å². The van der Waals surface area contributed by atoms with E-state index in [2.05, 4.69) is 38.9 Å². The maximum Gasteiger partial charge on any atom is 0.343 e. The number of unbranched alkanes of at least 4 members (excludes halogenated alkanes) is 6. The lowest BCUT2D eigenvalue weighted by atomic mass is 10.0. The van der Waals surface area contributed by atoms with Crippen molar-refractivity contribution >= 4 is 52.1 Å². The standard InChI is InChI=1S/C45H52O8.C5H9NO.C3H4O.C3H6.C2H6/c1-3-33(2)12-8-4-5-10-26-50-42-19-17-34-28-38(15-13-36(34)30-42)44(47)52-40-21-23-41(24-22-40)53-45(48)39-16-14-37-31-43(20-18-35(37)29-39)51-27-11-7-6-9-25-49-32-46;1-4(2)5(7)6-3;1-2-3-4;1-3-2;1-2/h13-21,23,28-33H,3-12,22,24-27H2,1-2H3;1H2,2-3H3,(H,6,7);2-3H,1H2;3H,1H2,2H3;1-2H3. The molecule has 0 fully saturated rings. The monoisotopic (exact) mass is 948 g/mol. The second kappa shape index (κ2) is 37.3. The third kappa shape index (κ3) is 25.3. The van der Waals surface area contributed by atoms with Crippen molar-refractivity contribution in [2.45, 2.75) is 119 Å². The number of fused-ring (bicyclic) bond motifs is 2. The van der Waals surface area contributed by atoms with Crippen LogP contribution in [0.1, 0.15) is 139 Å². The molecule has 1 atom stereocenters. The minimum atomic E-state index is -0.442. The van der Waals surface area contributed by atoms with E-state index in [0.717, 1.165) is 71.1 Å². The van der Waals surface area contributed by atoms with Gasteiger partial charge < -0.3 is 29.0 Å². The van der Waals surface area contributed by atoms with Gasteiger partial charge in [0.2, 0.25) is 5.91 Å². The first kappa shape index (κ1) is 60.3. The van der Waals surface area contributed by atoms with Gasteiger partial charge in [-0.15, -0.1) is 6.58 Å². The molecule has 1 aliphatic carbocycles. The second-order valence-corrected chi connectivity index (χ2v) is 15.9. The maximum absolute atomic E-state index is 13.0. The summed E-state index contributed by atoms with van der Waals surface area (Å²) in [7, 11) is 1.58. The summed E-state index contributed by atoms with van der Waals surface area (Å²) >= 11 is 0. The van der Waals surface area contributed by atoms with E-state index in [1.165, 1.54) is 38.2 Å². The highest BCUT2D eigenvalue weighted by atomic mass is 16.5. The lowest BCUT2D eigenvalue weighted by Crippen LogP contribution is -2.17. The topological polar surface area (TPSA) is 144 Å². The number of hydrogen-bond acceptors (Lipinski definition) is 10. The zero-order valence-electron chi connectivity index (χ0n) is 42.3. The molecule has 4 aromatic rings. The molecule has 0 radical (unpaired) electrons. The van der Waals surface area contributed by atoms with Crippen molar-refractivity contribution in [2.75, 3.05) is 26.9 Å². The van der Waals surface area contributed by atoms with E-state index < -0.39 is 11.9 Å². The molecule has 11 nitrogen and oxygen atoms in total. The van der Waals surface area contributed by atoms with Gasteiger partial charge >= 0.3 is 11.9 Å². The Balaban J connectivity index is 0.00000129. The first-order valence-electron chi connectivity index (χ1n) is 24.2. The van der Waals surface area contributed by atoms with Gasteiger partial charge in [0.05, 0.1) is 30.9 Å². The third-order valence-corrected chi connectivity index (χ3v) is 10.4. The number of carbonyl (C=O) groups is 5. The molecular weight excluding hydrogens is 871 g/mol. The molecule has 0 saturated carbocycles. The van der Waals surface area contributed by atoms with Gasteiger partial charge in [-0.05, 0) is 140 Å². The number of hydrogen-bond donors (Lipinski definition) is 1. The molecule has 1 amide bonds. The van der Waals surface area contributed by atoms with Crippen LogP contribution in [0.3, 0.4) is 0 Å². The zero-order chi connectivity index (χ0) is 51.2. The van der Waals surface area contributed by atoms with Crippen LogP contribution in [0.25, 0.3) is 21.5 Å². The zero-order valence-corrected chi connectivity index (χ0v) is 42.3. The predicted octanol–water partition coefficient (Wildman–Crippen LogP) is 14.0. The van der Waals surface area contributed by atoms with E-state index in [9.17, 15) is 19.2 Å². The Morgan fingerprint density at radius 2 is 1.07 bits per heavy atom. The number of rotatable bonds is 24. The first-order chi connectivity index (χ1) is 33.4. The molecule has 374 valence electrons. The first-order valence-corrected chi connectivity index (χ1v) is 24.2. The van der Waals surface area contributed by atoms with Gasteiger partial charge in [0.25, 0.3) is 6.47 Å². The molecule has 0 heterocycles. The number of benzene rings is 4. The molecule has 4 aromatic carbocycles. The summed E-state index contributed by atoms with van der Waals surface area (Å²) in [6, 6.07) is 22.7. The van der Waals surface area contributed by atoms with Gasteiger partial charge in [0.15, 0.2) is 0 Å². The summed E-state index contributed by atoms with van der Waals surface area (Å²) in [4.78, 5) is 55.5. The van der Waals surface area contributed by atoms with Gasteiger partial charge in [-0.1, -0.05) is 103 Å². The van der Waals surface area contributed by atoms with Crippen LogP contribution in [-0.2, 0) is 28.6 Å². The number of esters is 2. The smallest absolute Gasteiger partial charge is 0.343 e. The Morgan fingerprint density at radius 1 is 0.667 bits per heavy atom. The number of allylic oxidation sites excluding steroid dienone is 6. The van der Waals surface area contributed by atoms with E-state index in [-0.39, 0.29) is 5.91 Å². The molecule has 5 rings (SSSR count). The van der Waals surface area contributed by atoms with Gasteiger partial charge in [-0.2, -0.15) is 0 Å². The number of ether oxygens (including phenoxy) is 5. The summed E-state index contributed by atoms with van der Waals surface area (Å²) in [5.74, 6) is 2.49. The Kier molecular flexibility index (Phi) is 32.5. The number of likely N-dealkylation sites (N-methyl/N-ethyl adjacent to an activating group) is 1. The second-order valence-electron chi connectivity index (χ2n) is 15.9. The van der Waals surface area contributed by atoms with Crippen molar-refractivity contribution in [2.24, 2.45) is 5.92 Å². The summed E-state index contributed by atoms with van der Waals surface area (Å²) in [5.41, 5.74) is 1.46. The van der Waals surface area contributed by atoms with Crippen LogP contribution in [0.2, 0.25) is 0 Å². The molecule has 0 saturated heterocycles. The van der Waals surface area contributed by atoms with Crippen LogP contribution in [0.5, 0.6) is 11.5 Å². The van der Waals surface area contributed by atoms with Crippen molar-refractivity contribution in [3.05, 3.63) is 145 Å². The Labute approximate surface area is 411 Å². The van der Waals surface area contributed by atoms with E-state index in [1.54, 1.807) is 44.3 Å². The normalized spacial score (nSPS) is 11.5. The van der Waals surface area contributed by atoms with Crippen molar-refractivity contribution in [3.63, 3.8) is 0 Å². The molecule has 1 aliphatic rings. The lowest BCUT2D eigenvalue weighted by Gasteiger charge is -2.15. The number of carbonyl (C=O) groups excluding carboxylic acids is 5. The fraction of sp³-hybridized carbons (Fsp3) is 0.397. The van der Waals surface area contributed by atoms with Crippen LogP contribution < -0.4 is 14.8 Å². The van der Waals surface area contributed by atoms with Crippen molar-refractivity contribution in [1.29, 1.82) is 0 Å². The highest BCUT2D eigenvalue weighted by molar-refractivity contribution is 5.97. The van der Waals surface area contributed by atoms with Crippen molar-refractivity contribution in [1.82, 2.24) is 5.32 Å². The molecule has 1 unspecified atom stereocenters. The van der Waals surface area contributed by atoms with Crippen LogP contribution >= 0.6 is 0 Å². The summed E-state index contributed by atoms with van der Waals surface area (Å²) in [5, 5.41) is 6.24. The predicted molar refractivity (Wildman–Crippen MR) is 281 cm³/mol. The highest BCUT2D eigenvalue weighted by Crippen LogP contribution is 2.27. The fourth-order valence-electron chi connectivity index (χ4n) is 6.44. The fourth-order valence-corrected chi connectivity index (χ4v) is 6.44. The third-order valence-electron chi connectivity index (χ3n) is 10.4. The number of aldehydes is 1. The van der Waals surface area contributed by atoms with Gasteiger partial charge in [0.1, 0.15) is 29.3 Å². The summed E-state index contributed by atoms with van der Waals surface area (Å²) in [6.07, 6.45) is 18.9. The molecule has 1 N–H and O–H groups in total. The quantitative estimate of drug-likeness (QED) is 0.0180. The average Bonchev–Trinajstić information content (AvgIpc) is 3.37. The summed E-state index contributed by atoms with van der Waals surface area (Å²) in [6.45, 7) is 24.3. The SMILES string of the molecule is C=C(C)C(=O)NC.C=CC.C=CC=O.CC.CCC(C)CCCCCCOc1ccc2cc(C(=O)OC3=CC=C(OC(=O)c4ccc5cc(OCCCCCCOC=O)ccc5c4)CC3)ccc2c1. The molecule has 11 heteroatoms. The van der Waals surface area contributed by atoms with E-state index in [0.29, 0.717) is 73.6 Å². The molecule has 0 spiro atoms. The van der Waals surface area contributed by atoms with Gasteiger partial charge in [0, 0.05) is 25.5 Å². The summed E-state index contributed by atoms with van der Waals surface area (Å²) < 4.78 is 28.0. The van der Waals surface area contributed by atoms with Crippen molar-refractivity contribution in [3.8, 4) is 11.5 Å². The molecule has 69 heavy (non-hydrogen) atoms. The van der Waals surface area contributed by atoms with E-state index in [4.69, 9.17) is 28.5 Å². The largest absolute Gasteiger partial charge is 0.494 e. The number of amides is 1. The van der Waals surface area contributed by atoms with Gasteiger partial charge in [-0.3, -0.25) is 14.4 Å². The van der Waals surface area contributed by atoms with Crippen LogP contribution in [-0.4, -0.2) is 57.5 Å². The number of nitrogens with one attached hydrogen (secondary N) is 1. The van der Waals surface area contributed by atoms with E-state index in [1.807, 2.05) is 81.4 Å². The molecule has 0 bridgehead atoms. The average molecular weight is 948 g/mol. The van der Waals surface area contributed by atoms with Crippen LogP contribution in [0, 0.1) is 5.92 Å². The Hall–Kier alpha value is -6.75. The highest BCUT2D eigenvalue weighted by Gasteiger charge is 2.18. The lowest BCUT2D eigenvalue weighted by molar-refractivity contribution is -0.128. The van der Waals surface area contributed by atoms with Crippen LogP contribution in [0.4, 0.5) is 0 Å². The molecular formula is C58H77NO10. The Morgan fingerprint density at radius 3 is 1.43 bits per heavy atom. The Bertz CT molecular complexity index is 2270. The molecule has 0 aliphatic heterocycles.